The molecule has 3 heterocycles. The van der Waals surface area contributed by atoms with E-state index in [9.17, 15) is 22.4 Å². The smallest absolute Gasteiger partial charge is 0.408 e. The molecule has 186 valence electrons. The highest BCUT2D eigenvalue weighted by Gasteiger charge is 2.32. The summed E-state index contributed by atoms with van der Waals surface area (Å²) >= 11 is 0. The molecular weight excluding hydrogens is 454 g/mol. The lowest BCUT2D eigenvalue weighted by atomic mass is 10.0. The van der Waals surface area contributed by atoms with Crippen molar-refractivity contribution >= 4 is 17.4 Å². The Morgan fingerprint density at radius 3 is 2.68 bits per heavy atom. The number of carbonyl (C=O) groups excluding carboxylic acids is 1. The van der Waals surface area contributed by atoms with Gasteiger partial charge in [-0.15, -0.1) is 0 Å². The predicted molar refractivity (Wildman–Crippen MR) is 120 cm³/mol. The Hall–Kier alpha value is -3.00. The van der Waals surface area contributed by atoms with Crippen LogP contribution in [0, 0.1) is 11.8 Å². The van der Waals surface area contributed by atoms with E-state index in [1.165, 1.54) is 10.6 Å². The number of aromatic nitrogens is 2. The van der Waals surface area contributed by atoms with Gasteiger partial charge in [0.15, 0.2) is 0 Å². The highest BCUT2D eigenvalue weighted by Crippen LogP contribution is 2.28. The fourth-order valence-corrected chi connectivity index (χ4v) is 3.67. The Bertz CT molecular complexity index is 1080. The first kappa shape index (κ1) is 25.6. The van der Waals surface area contributed by atoms with Crippen LogP contribution in [0.4, 0.5) is 28.2 Å². The molecular formula is C23H29F4N5O2. The number of fused-ring (bicyclic) bond motifs is 1. The van der Waals surface area contributed by atoms with Gasteiger partial charge in [-0.2, -0.15) is 18.3 Å². The van der Waals surface area contributed by atoms with E-state index in [4.69, 9.17) is 4.74 Å². The van der Waals surface area contributed by atoms with Gasteiger partial charge in [0.25, 0.3) is 0 Å². The van der Waals surface area contributed by atoms with Crippen LogP contribution in [0.5, 0.6) is 0 Å². The quantitative estimate of drug-likeness (QED) is 0.512. The summed E-state index contributed by atoms with van der Waals surface area (Å²) in [5.74, 6) is 5.64. The van der Waals surface area contributed by atoms with E-state index in [2.05, 4.69) is 27.6 Å². The second-order valence-corrected chi connectivity index (χ2v) is 9.30. The molecule has 0 saturated carbocycles. The number of nitrogens with one attached hydrogen (secondary N) is 2. The van der Waals surface area contributed by atoms with Crippen molar-refractivity contribution in [1.82, 2.24) is 19.8 Å². The fraction of sp³-hybridized carbons (Fsp3) is 0.565. The molecule has 11 heteroatoms. The molecule has 34 heavy (non-hydrogen) atoms. The third kappa shape index (κ3) is 7.00. The highest BCUT2D eigenvalue weighted by atomic mass is 19.4. The highest BCUT2D eigenvalue weighted by molar-refractivity contribution is 5.68. The Kier molecular flexibility index (Phi) is 7.60. The molecule has 0 unspecified atom stereocenters. The number of hydrogen-bond acceptors (Lipinski definition) is 5. The summed E-state index contributed by atoms with van der Waals surface area (Å²) in [6.07, 6.45) is -6.96. The molecule has 0 bridgehead atoms. The van der Waals surface area contributed by atoms with E-state index in [1.54, 1.807) is 32.9 Å². The number of pyridine rings is 1. The number of alkyl carbamates (subject to hydrolysis) is 1. The normalized spacial score (nSPS) is 19.4. The van der Waals surface area contributed by atoms with Crippen LogP contribution in [0.25, 0.3) is 5.52 Å². The first-order chi connectivity index (χ1) is 15.8. The third-order valence-corrected chi connectivity index (χ3v) is 5.14. The summed E-state index contributed by atoms with van der Waals surface area (Å²) in [5.41, 5.74) is -0.594. The molecule has 1 aliphatic rings. The number of piperidine rings is 1. The van der Waals surface area contributed by atoms with Crippen LogP contribution in [-0.2, 0) is 11.2 Å². The van der Waals surface area contributed by atoms with Gasteiger partial charge >= 0.3 is 12.3 Å². The van der Waals surface area contributed by atoms with Gasteiger partial charge in [0.05, 0.1) is 24.5 Å². The predicted octanol–water partition coefficient (Wildman–Crippen LogP) is 3.77. The Labute approximate surface area is 195 Å². The summed E-state index contributed by atoms with van der Waals surface area (Å²) < 4.78 is 60.9. The van der Waals surface area contributed by atoms with Gasteiger partial charge in [-0.05, 0) is 52.3 Å². The summed E-state index contributed by atoms with van der Waals surface area (Å²) in [7, 11) is 1.84. The average molecular weight is 484 g/mol. The maximum Gasteiger partial charge on any atom is 0.408 e. The average Bonchev–Trinajstić information content (AvgIpc) is 3.03. The van der Waals surface area contributed by atoms with Gasteiger partial charge in [0.1, 0.15) is 23.3 Å². The summed E-state index contributed by atoms with van der Waals surface area (Å²) in [5, 5.41) is 9.81. The Morgan fingerprint density at radius 1 is 1.29 bits per heavy atom. The number of alkyl halides is 4. The summed E-state index contributed by atoms with van der Waals surface area (Å²) in [4.78, 5) is 13.6. The molecule has 3 rings (SSSR count). The van der Waals surface area contributed by atoms with Crippen LogP contribution in [0.1, 0.15) is 38.4 Å². The van der Waals surface area contributed by atoms with Crippen molar-refractivity contribution in [3.05, 3.63) is 29.5 Å². The van der Waals surface area contributed by atoms with E-state index >= 15 is 0 Å². The standard InChI is InChI=1S/C23H29F4N5O2/c1-22(2,3)34-21(33)28-11-6-7-17-15(13-23(25,26)27)19-8-5-9-20(32(19)30-17)29-18-10-12-31(4)14-16(18)24/h5,8-9,16,18,29H,10-14H2,1-4H3,(H,28,33)/t16-,18+/m0/s1. The van der Waals surface area contributed by atoms with Crippen molar-refractivity contribution in [2.24, 2.45) is 0 Å². The van der Waals surface area contributed by atoms with Crippen LogP contribution in [0.15, 0.2) is 18.2 Å². The van der Waals surface area contributed by atoms with Crippen LogP contribution >= 0.6 is 0 Å². The van der Waals surface area contributed by atoms with E-state index in [0.717, 1.165) is 0 Å². The minimum Gasteiger partial charge on any atom is -0.444 e. The number of anilines is 1. The maximum atomic E-state index is 14.5. The van der Waals surface area contributed by atoms with Gasteiger partial charge in [-0.3, -0.25) is 0 Å². The molecule has 1 fully saturated rings. The molecule has 0 radical (unpaired) electrons. The van der Waals surface area contributed by atoms with Crippen molar-refractivity contribution in [2.45, 2.75) is 57.6 Å². The van der Waals surface area contributed by atoms with E-state index in [-0.39, 0.29) is 29.9 Å². The first-order valence-corrected chi connectivity index (χ1v) is 10.9. The van der Waals surface area contributed by atoms with Gasteiger partial charge in [0.2, 0.25) is 0 Å². The number of hydrogen-bond donors (Lipinski definition) is 2. The van der Waals surface area contributed by atoms with Gasteiger partial charge in [-0.1, -0.05) is 12.0 Å². The monoisotopic (exact) mass is 483 g/mol. The molecule has 1 saturated heterocycles. The zero-order valence-electron chi connectivity index (χ0n) is 19.6. The van der Waals surface area contributed by atoms with Crippen LogP contribution in [0.3, 0.4) is 0 Å². The van der Waals surface area contributed by atoms with Crippen molar-refractivity contribution < 1.29 is 27.1 Å². The fourth-order valence-electron chi connectivity index (χ4n) is 3.67. The van der Waals surface area contributed by atoms with Crippen molar-refractivity contribution in [3.8, 4) is 11.8 Å². The molecule has 7 nitrogen and oxygen atoms in total. The minimum absolute atomic E-state index is 0.0576. The Morgan fingerprint density at radius 2 is 2.03 bits per heavy atom. The number of nitrogens with zero attached hydrogens (tertiary/aromatic N) is 3. The molecule has 2 aromatic rings. The van der Waals surface area contributed by atoms with Crippen LogP contribution < -0.4 is 10.6 Å². The van der Waals surface area contributed by atoms with E-state index < -0.39 is 36.5 Å². The summed E-state index contributed by atoms with van der Waals surface area (Å²) in [6, 6.07) is 4.28. The first-order valence-electron chi connectivity index (χ1n) is 10.9. The SMILES string of the molecule is CN1CC[C@@H](Nc2cccc3c(CC(F)(F)F)c(C#CCNC(=O)OC(C)(C)C)nn23)[C@@H](F)C1. The molecule has 0 spiro atoms. The van der Waals surface area contributed by atoms with Crippen molar-refractivity contribution in [2.75, 3.05) is 32.0 Å². The second kappa shape index (κ2) is 10.1. The van der Waals surface area contributed by atoms with E-state index in [1.807, 2.05) is 11.9 Å². The lowest BCUT2D eigenvalue weighted by Gasteiger charge is -2.33. The molecule has 2 atom stereocenters. The lowest BCUT2D eigenvalue weighted by Crippen LogP contribution is -2.46. The van der Waals surface area contributed by atoms with Crippen LogP contribution in [0.2, 0.25) is 0 Å². The van der Waals surface area contributed by atoms with Crippen LogP contribution in [-0.4, -0.2) is 71.3 Å². The maximum absolute atomic E-state index is 14.5. The largest absolute Gasteiger partial charge is 0.444 e. The minimum atomic E-state index is -4.48. The number of likely N-dealkylation sites (tertiary alicyclic amines) is 1. The molecule has 0 aromatic carbocycles. The molecule has 1 aliphatic heterocycles. The lowest BCUT2D eigenvalue weighted by molar-refractivity contribution is -0.127. The molecule has 2 aromatic heterocycles. The zero-order chi connectivity index (χ0) is 25.1. The van der Waals surface area contributed by atoms with Crippen molar-refractivity contribution in [1.29, 1.82) is 0 Å². The topological polar surface area (TPSA) is 70.9 Å². The van der Waals surface area contributed by atoms with Gasteiger partial charge in [-0.25, -0.2) is 13.7 Å². The number of halogens is 4. The second-order valence-electron chi connectivity index (χ2n) is 9.30. The third-order valence-electron chi connectivity index (χ3n) is 5.14. The number of amides is 1. The zero-order valence-corrected chi connectivity index (χ0v) is 19.6. The number of carbonyl (C=O) groups is 1. The van der Waals surface area contributed by atoms with Gasteiger partial charge in [0, 0.05) is 18.7 Å². The van der Waals surface area contributed by atoms with E-state index in [0.29, 0.717) is 18.8 Å². The van der Waals surface area contributed by atoms with Gasteiger partial charge < -0.3 is 20.3 Å². The Balaban J connectivity index is 1.87. The summed E-state index contributed by atoms with van der Waals surface area (Å²) in [6.45, 7) is 5.97. The molecule has 0 aliphatic carbocycles. The number of ether oxygens (including phenoxy) is 1. The van der Waals surface area contributed by atoms with Crippen molar-refractivity contribution in [3.63, 3.8) is 0 Å². The number of rotatable bonds is 4. The molecule has 2 N–H and O–H groups in total. The molecule has 1 amide bonds.